The molecule has 0 aliphatic heterocycles. The topological polar surface area (TPSA) is 12.0 Å². The average Bonchev–Trinajstić information content (AvgIpc) is 2.31. The van der Waals surface area contributed by atoms with Crippen molar-refractivity contribution in [3.63, 3.8) is 0 Å². The van der Waals surface area contributed by atoms with Crippen molar-refractivity contribution in [2.24, 2.45) is 11.8 Å². The number of nitrogens with one attached hydrogen (secondary N) is 1. The van der Waals surface area contributed by atoms with E-state index >= 15 is 0 Å². The molecule has 1 rings (SSSR count). The molecular formula is C13H27N. The summed E-state index contributed by atoms with van der Waals surface area (Å²) in [4.78, 5) is 0. The third kappa shape index (κ3) is 4.00. The van der Waals surface area contributed by atoms with Crippen molar-refractivity contribution in [2.45, 2.75) is 71.9 Å². The minimum atomic E-state index is 0.674. The number of hydrogen-bond acceptors (Lipinski definition) is 1. The first-order valence-corrected chi connectivity index (χ1v) is 6.35. The lowest BCUT2D eigenvalue weighted by atomic mass is 10.0. The second-order valence-corrected chi connectivity index (χ2v) is 5.51. The highest BCUT2D eigenvalue weighted by molar-refractivity contribution is 4.77. The molecular weight excluding hydrogens is 170 g/mol. The summed E-state index contributed by atoms with van der Waals surface area (Å²) in [5.41, 5.74) is 0. The fourth-order valence-corrected chi connectivity index (χ4v) is 2.22. The van der Waals surface area contributed by atoms with Crippen LogP contribution in [0.5, 0.6) is 0 Å². The van der Waals surface area contributed by atoms with E-state index in [1.165, 1.54) is 32.1 Å². The maximum atomic E-state index is 3.78. The van der Waals surface area contributed by atoms with E-state index in [0.717, 1.165) is 17.9 Å². The molecule has 84 valence electrons. The molecule has 1 aliphatic rings. The van der Waals surface area contributed by atoms with Gasteiger partial charge in [-0.25, -0.2) is 0 Å². The molecule has 1 N–H and O–H groups in total. The van der Waals surface area contributed by atoms with Gasteiger partial charge in [0, 0.05) is 12.1 Å². The molecule has 3 atom stereocenters. The van der Waals surface area contributed by atoms with Crippen LogP contribution in [-0.4, -0.2) is 12.1 Å². The molecule has 0 aromatic carbocycles. The van der Waals surface area contributed by atoms with Gasteiger partial charge in [0.15, 0.2) is 0 Å². The summed E-state index contributed by atoms with van der Waals surface area (Å²) in [5, 5.41) is 3.78. The van der Waals surface area contributed by atoms with Crippen molar-refractivity contribution in [2.75, 3.05) is 0 Å². The number of rotatable bonds is 3. The molecule has 0 bridgehead atoms. The molecule has 1 fully saturated rings. The van der Waals surface area contributed by atoms with Gasteiger partial charge in [-0.05, 0) is 38.0 Å². The summed E-state index contributed by atoms with van der Waals surface area (Å²) in [6.45, 7) is 9.32. The molecule has 1 saturated carbocycles. The van der Waals surface area contributed by atoms with E-state index in [1.54, 1.807) is 0 Å². The summed E-state index contributed by atoms with van der Waals surface area (Å²) in [5.74, 6) is 1.71. The van der Waals surface area contributed by atoms with Crippen molar-refractivity contribution < 1.29 is 0 Å². The third-order valence-corrected chi connectivity index (χ3v) is 3.76. The van der Waals surface area contributed by atoms with Crippen molar-refractivity contribution in [1.29, 1.82) is 0 Å². The largest absolute Gasteiger partial charge is 0.311 e. The molecule has 0 aromatic rings. The average molecular weight is 197 g/mol. The summed E-state index contributed by atoms with van der Waals surface area (Å²) >= 11 is 0. The Morgan fingerprint density at radius 3 is 2.36 bits per heavy atom. The third-order valence-electron chi connectivity index (χ3n) is 3.76. The van der Waals surface area contributed by atoms with Gasteiger partial charge in [-0.3, -0.25) is 0 Å². The van der Waals surface area contributed by atoms with Gasteiger partial charge < -0.3 is 5.32 Å². The molecule has 0 spiro atoms. The standard InChI is InChI=1S/C13H27N/c1-10(2)12(4)14-13-7-5-6-11(3)8-9-13/h10-14H,5-9H2,1-4H3. The van der Waals surface area contributed by atoms with Crippen LogP contribution in [0.15, 0.2) is 0 Å². The van der Waals surface area contributed by atoms with Crippen LogP contribution in [0, 0.1) is 11.8 Å². The van der Waals surface area contributed by atoms with E-state index < -0.39 is 0 Å². The molecule has 0 radical (unpaired) electrons. The molecule has 1 aliphatic carbocycles. The Balaban J connectivity index is 2.30. The van der Waals surface area contributed by atoms with Crippen LogP contribution in [0.1, 0.15) is 59.8 Å². The minimum absolute atomic E-state index is 0.674. The zero-order valence-corrected chi connectivity index (χ0v) is 10.3. The van der Waals surface area contributed by atoms with Crippen molar-refractivity contribution in [1.82, 2.24) is 5.32 Å². The second kappa shape index (κ2) is 5.75. The van der Waals surface area contributed by atoms with Gasteiger partial charge in [0.2, 0.25) is 0 Å². The van der Waals surface area contributed by atoms with E-state index in [-0.39, 0.29) is 0 Å². The van der Waals surface area contributed by atoms with Crippen LogP contribution in [-0.2, 0) is 0 Å². The van der Waals surface area contributed by atoms with Crippen LogP contribution < -0.4 is 5.32 Å². The summed E-state index contributed by atoms with van der Waals surface area (Å²) in [6, 6.07) is 1.46. The summed E-state index contributed by atoms with van der Waals surface area (Å²) in [6.07, 6.45) is 7.06. The molecule has 1 heteroatoms. The lowest BCUT2D eigenvalue weighted by Crippen LogP contribution is -2.39. The Morgan fingerprint density at radius 1 is 1.00 bits per heavy atom. The monoisotopic (exact) mass is 197 g/mol. The number of hydrogen-bond donors (Lipinski definition) is 1. The van der Waals surface area contributed by atoms with Crippen LogP contribution >= 0.6 is 0 Å². The quantitative estimate of drug-likeness (QED) is 0.682. The van der Waals surface area contributed by atoms with E-state index in [0.29, 0.717) is 6.04 Å². The van der Waals surface area contributed by atoms with Gasteiger partial charge in [0.05, 0.1) is 0 Å². The Hall–Kier alpha value is -0.0400. The highest BCUT2D eigenvalue weighted by Gasteiger charge is 2.18. The first-order chi connectivity index (χ1) is 6.59. The lowest BCUT2D eigenvalue weighted by Gasteiger charge is -2.24. The fraction of sp³-hybridized carbons (Fsp3) is 1.00. The Morgan fingerprint density at radius 2 is 1.71 bits per heavy atom. The van der Waals surface area contributed by atoms with Crippen LogP contribution in [0.4, 0.5) is 0 Å². The van der Waals surface area contributed by atoms with Gasteiger partial charge in [-0.1, -0.05) is 33.6 Å². The lowest BCUT2D eigenvalue weighted by molar-refractivity contribution is 0.347. The van der Waals surface area contributed by atoms with E-state index in [4.69, 9.17) is 0 Å². The maximum Gasteiger partial charge on any atom is 0.00697 e. The zero-order valence-electron chi connectivity index (χ0n) is 10.3. The van der Waals surface area contributed by atoms with E-state index in [1.807, 2.05) is 0 Å². The second-order valence-electron chi connectivity index (χ2n) is 5.51. The Bertz CT molecular complexity index is 153. The van der Waals surface area contributed by atoms with Crippen molar-refractivity contribution >= 4 is 0 Å². The summed E-state index contributed by atoms with van der Waals surface area (Å²) < 4.78 is 0. The SMILES string of the molecule is CC1CCCC(NC(C)C(C)C)CC1. The maximum absolute atomic E-state index is 3.78. The predicted octanol–water partition coefficient (Wildman–Crippen LogP) is 3.59. The Kier molecular flexibility index (Phi) is 4.94. The zero-order chi connectivity index (χ0) is 10.6. The molecule has 0 aromatic heterocycles. The van der Waals surface area contributed by atoms with Crippen LogP contribution in [0.2, 0.25) is 0 Å². The molecule has 0 saturated heterocycles. The molecule has 14 heavy (non-hydrogen) atoms. The Labute approximate surface area is 89.7 Å². The highest BCUT2D eigenvalue weighted by Crippen LogP contribution is 2.23. The predicted molar refractivity (Wildman–Crippen MR) is 63.5 cm³/mol. The van der Waals surface area contributed by atoms with Crippen LogP contribution in [0.3, 0.4) is 0 Å². The molecule has 0 heterocycles. The van der Waals surface area contributed by atoms with E-state index in [9.17, 15) is 0 Å². The molecule has 1 nitrogen and oxygen atoms in total. The van der Waals surface area contributed by atoms with Crippen molar-refractivity contribution in [3.05, 3.63) is 0 Å². The van der Waals surface area contributed by atoms with Gasteiger partial charge in [-0.2, -0.15) is 0 Å². The van der Waals surface area contributed by atoms with E-state index in [2.05, 4.69) is 33.0 Å². The van der Waals surface area contributed by atoms with Gasteiger partial charge in [0.1, 0.15) is 0 Å². The van der Waals surface area contributed by atoms with Gasteiger partial charge >= 0.3 is 0 Å². The van der Waals surface area contributed by atoms with Gasteiger partial charge in [-0.15, -0.1) is 0 Å². The first-order valence-electron chi connectivity index (χ1n) is 6.35. The molecule has 0 amide bonds. The highest BCUT2D eigenvalue weighted by atomic mass is 14.9. The minimum Gasteiger partial charge on any atom is -0.311 e. The first kappa shape index (κ1) is 12.0. The van der Waals surface area contributed by atoms with Crippen molar-refractivity contribution in [3.8, 4) is 0 Å². The summed E-state index contributed by atoms with van der Waals surface area (Å²) in [7, 11) is 0. The molecule has 3 unspecified atom stereocenters. The van der Waals surface area contributed by atoms with Gasteiger partial charge in [0.25, 0.3) is 0 Å². The fourth-order valence-electron chi connectivity index (χ4n) is 2.22. The van der Waals surface area contributed by atoms with Crippen LogP contribution in [0.25, 0.3) is 0 Å². The normalized spacial score (nSPS) is 31.5. The smallest absolute Gasteiger partial charge is 0.00697 e.